The van der Waals surface area contributed by atoms with Gasteiger partial charge in [0.1, 0.15) is 18.7 Å². The average molecular weight is 275 g/mol. The minimum absolute atomic E-state index is 0.00593. The number of aromatic nitrogens is 4. The van der Waals surface area contributed by atoms with Gasteiger partial charge < -0.3 is 9.88 Å². The van der Waals surface area contributed by atoms with E-state index in [1.165, 1.54) is 17.0 Å². The molecule has 2 aromatic rings. The molecule has 0 fully saturated rings. The molecule has 7 nitrogen and oxygen atoms in total. The van der Waals surface area contributed by atoms with E-state index in [-0.39, 0.29) is 24.1 Å². The maximum absolute atomic E-state index is 12.0. The largest absolute Gasteiger partial charge is 0.345 e. The Hall–Kier alpha value is -2.44. The molecule has 1 amide bonds. The van der Waals surface area contributed by atoms with Crippen molar-refractivity contribution in [3.05, 3.63) is 46.9 Å². The fourth-order valence-electron chi connectivity index (χ4n) is 1.96. The first-order valence-corrected chi connectivity index (χ1v) is 6.40. The van der Waals surface area contributed by atoms with E-state index in [0.717, 1.165) is 0 Å². The summed E-state index contributed by atoms with van der Waals surface area (Å²) in [5.41, 5.74) is -0.200. The predicted molar refractivity (Wildman–Crippen MR) is 72.9 cm³/mol. The van der Waals surface area contributed by atoms with Crippen LogP contribution in [-0.4, -0.2) is 25.2 Å². The molecule has 1 atom stereocenters. The highest BCUT2D eigenvalue weighted by Crippen LogP contribution is 2.12. The maximum atomic E-state index is 12.0. The van der Waals surface area contributed by atoms with Crippen molar-refractivity contribution in [1.29, 1.82) is 0 Å². The third-order valence-electron chi connectivity index (χ3n) is 3.01. The van der Waals surface area contributed by atoms with E-state index in [1.54, 1.807) is 30.1 Å². The Morgan fingerprint density at radius 2 is 2.25 bits per heavy atom. The first-order chi connectivity index (χ1) is 9.61. The molecule has 0 aromatic carbocycles. The number of hydrogen-bond donors (Lipinski definition) is 1. The second-order valence-corrected chi connectivity index (χ2v) is 4.44. The van der Waals surface area contributed by atoms with Crippen LogP contribution in [0, 0.1) is 0 Å². The molecule has 0 saturated carbocycles. The summed E-state index contributed by atoms with van der Waals surface area (Å²) < 4.78 is 2.99. The third kappa shape index (κ3) is 3.11. The van der Waals surface area contributed by atoms with Gasteiger partial charge in [0, 0.05) is 19.3 Å². The molecule has 2 rings (SSSR count). The number of rotatable bonds is 5. The quantitative estimate of drug-likeness (QED) is 0.847. The van der Waals surface area contributed by atoms with E-state index in [0.29, 0.717) is 12.2 Å². The summed E-state index contributed by atoms with van der Waals surface area (Å²) in [7, 11) is 1.78. The lowest BCUT2D eigenvalue weighted by Gasteiger charge is -2.16. The average Bonchev–Trinajstić information content (AvgIpc) is 2.85. The van der Waals surface area contributed by atoms with Crippen molar-refractivity contribution in [3.8, 4) is 0 Å². The van der Waals surface area contributed by atoms with Gasteiger partial charge in [0.05, 0.1) is 6.04 Å². The van der Waals surface area contributed by atoms with Crippen molar-refractivity contribution >= 4 is 5.91 Å². The van der Waals surface area contributed by atoms with Crippen LogP contribution in [0.15, 0.2) is 35.5 Å². The highest BCUT2D eigenvalue weighted by Gasteiger charge is 2.17. The van der Waals surface area contributed by atoms with Crippen LogP contribution in [0.25, 0.3) is 0 Å². The lowest BCUT2D eigenvalue weighted by Crippen LogP contribution is -2.35. The lowest BCUT2D eigenvalue weighted by atomic mass is 10.2. The molecule has 0 bridgehead atoms. The van der Waals surface area contributed by atoms with E-state index < -0.39 is 0 Å². The van der Waals surface area contributed by atoms with E-state index in [2.05, 4.69) is 15.4 Å². The third-order valence-corrected chi connectivity index (χ3v) is 3.01. The molecular weight excluding hydrogens is 258 g/mol. The van der Waals surface area contributed by atoms with Crippen molar-refractivity contribution in [1.82, 2.24) is 24.6 Å². The van der Waals surface area contributed by atoms with Crippen molar-refractivity contribution in [3.63, 3.8) is 0 Å². The van der Waals surface area contributed by atoms with Crippen LogP contribution >= 0.6 is 0 Å². The smallest absolute Gasteiger partial charge is 0.250 e. The molecule has 0 aliphatic carbocycles. The van der Waals surface area contributed by atoms with Crippen LogP contribution in [0.1, 0.15) is 25.2 Å². The van der Waals surface area contributed by atoms with Gasteiger partial charge in [0.25, 0.3) is 5.56 Å². The minimum atomic E-state index is -0.229. The molecule has 0 radical (unpaired) electrons. The molecule has 2 heterocycles. The highest BCUT2D eigenvalue weighted by atomic mass is 16.2. The zero-order valence-electron chi connectivity index (χ0n) is 11.5. The fraction of sp³-hybridized carbons (Fsp3) is 0.385. The second kappa shape index (κ2) is 6.14. The first kappa shape index (κ1) is 14.0. The molecule has 20 heavy (non-hydrogen) atoms. The van der Waals surface area contributed by atoms with Crippen LogP contribution in [0.3, 0.4) is 0 Å². The Kier molecular flexibility index (Phi) is 4.29. The Balaban J connectivity index is 2.06. The molecule has 1 unspecified atom stereocenters. The molecule has 0 aliphatic rings. The summed E-state index contributed by atoms with van der Waals surface area (Å²) in [6.07, 6.45) is 3.74. The Labute approximate surface area is 116 Å². The zero-order chi connectivity index (χ0) is 14.5. The monoisotopic (exact) mass is 275 g/mol. The number of carbonyl (C=O) groups excluding carboxylic acids is 1. The summed E-state index contributed by atoms with van der Waals surface area (Å²) in [6.45, 7) is 1.95. The number of hydrogen-bond acceptors (Lipinski definition) is 4. The van der Waals surface area contributed by atoms with Gasteiger partial charge >= 0.3 is 0 Å². The molecule has 7 heteroatoms. The summed E-state index contributed by atoms with van der Waals surface area (Å²) in [6, 6.07) is 4.57. The SMILES string of the molecule is CCC(NC(=O)Cn1ccccc1=O)c1ncnn1C. The lowest BCUT2D eigenvalue weighted by molar-refractivity contribution is -0.122. The van der Waals surface area contributed by atoms with Crippen molar-refractivity contribution in [2.24, 2.45) is 7.05 Å². The number of nitrogens with zero attached hydrogens (tertiary/aromatic N) is 4. The van der Waals surface area contributed by atoms with E-state index in [9.17, 15) is 9.59 Å². The second-order valence-electron chi connectivity index (χ2n) is 4.44. The molecule has 1 N–H and O–H groups in total. The van der Waals surface area contributed by atoms with Crippen LogP contribution in [0.4, 0.5) is 0 Å². The Morgan fingerprint density at radius 3 is 2.85 bits per heavy atom. The first-order valence-electron chi connectivity index (χ1n) is 6.40. The summed E-state index contributed by atoms with van der Waals surface area (Å²) in [4.78, 5) is 27.7. The highest BCUT2D eigenvalue weighted by molar-refractivity contribution is 5.76. The van der Waals surface area contributed by atoms with Crippen molar-refractivity contribution in [2.45, 2.75) is 25.9 Å². The van der Waals surface area contributed by atoms with Gasteiger partial charge in [-0.3, -0.25) is 14.3 Å². The van der Waals surface area contributed by atoms with Gasteiger partial charge in [0.15, 0.2) is 0 Å². The summed E-state index contributed by atoms with van der Waals surface area (Å²) >= 11 is 0. The molecular formula is C13H17N5O2. The Bertz CT molecular complexity index is 646. The number of carbonyl (C=O) groups is 1. The van der Waals surface area contributed by atoms with Gasteiger partial charge in [-0.05, 0) is 12.5 Å². The van der Waals surface area contributed by atoms with Gasteiger partial charge in [-0.1, -0.05) is 13.0 Å². The van der Waals surface area contributed by atoms with Gasteiger partial charge in [-0.2, -0.15) is 5.10 Å². The van der Waals surface area contributed by atoms with E-state index >= 15 is 0 Å². The van der Waals surface area contributed by atoms with Gasteiger partial charge in [0.2, 0.25) is 5.91 Å². The van der Waals surface area contributed by atoms with E-state index in [4.69, 9.17) is 0 Å². The normalized spacial score (nSPS) is 12.1. The summed E-state index contributed by atoms with van der Waals surface area (Å²) in [5.74, 6) is 0.467. The molecule has 2 aromatic heterocycles. The predicted octanol–water partition coefficient (Wildman–Crippen LogP) is 0.244. The fourth-order valence-corrected chi connectivity index (χ4v) is 1.96. The van der Waals surface area contributed by atoms with Crippen molar-refractivity contribution in [2.75, 3.05) is 0 Å². The molecule has 106 valence electrons. The minimum Gasteiger partial charge on any atom is -0.345 e. The molecule has 0 aliphatic heterocycles. The standard InChI is InChI=1S/C13H17N5O2/c1-3-10(13-14-9-15-17(13)2)16-11(19)8-18-7-5-4-6-12(18)20/h4-7,9-10H,3,8H2,1-2H3,(H,16,19). The topological polar surface area (TPSA) is 81.8 Å². The molecule has 0 spiro atoms. The number of pyridine rings is 1. The maximum Gasteiger partial charge on any atom is 0.250 e. The number of aryl methyl sites for hydroxylation is 1. The van der Waals surface area contributed by atoms with Crippen LogP contribution in [-0.2, 0) is 18.4 Å². The Morgan fingerprint density at radius 1 is 1.45 bits per heavy atom. The molecule has 0 saturated heterocycles. The van der Waals surface area contributed by atoms with Gasteiger partial charge in [-0.25, -0.2) is 4.98 Å². The van der Waals surface area contributed by atoms with Gasteiger partial charge in [-0.15, -0.1) is 0 Å². The number of nitrogens with one attached hydrogen (secondary N) is 1. The van der Waals surface area contributed by atoms with Crippen LogP contribution in [0.5, 0.6) is 0 Å². The number of amides is 1. The van der Waals surface area contributed by atoms with E-state index in [1.807, 2.05) is 6.92 Å². The van der Waals surface area contributed by atoms with Crippen molar-refractivity contribution < 1.29 is 4.79 Å². The summed E-state index contributed by atoms with van der Waals surface area (Å²) in [5, 5.41) is 6.85. The van der Waals surface area contributed by atoms with Crippen LogP contribution in [0.2, 0.25) is 0 Å². The van der Waals surface area contributed by atoms with Crippen LogP contribution < -0.4 is 10.9 Å². The zero-order valence-corrected chi connectivity index (χ0v) is 11.5.